The molecule has 104 valence electrons. The Kier molecular flexibility index (Phi) is 3.64. The Bertz CT molecular complexity index is 493. The highest BCUT2D eigenvalue weighted by Crippen LogP contribution is 2.27. The summed E-state index contributed by atoms with van der Waals surface area (Å²) in [6.45, 7) is 6.90. The summed E-state index contributed by atoms with van der Waals surface area (Å²) in [4.78, 5) is 25.4. The minimum atomic E-state index is -0.341. The van der Waals surface area contributed by atoms with Crippen LogP contribution in [-0.2, 0) is 4.79 Å². The average molecular weight is 264 g/mol. The van der Waals surface area contributed by atoms with Crippen LogP contribution in [-0.4, -0.2) is 29.8 Å². The van der Waals surface area contributed by atoms with Crippen LogP contribution in [0.25, 0.3) is 0 Å². The van der Waals surface area contributed by atoms with Crippen LogP contribution in [0.3, 0.4) is 0 Å². The quantitative estimate of drug-likeness (QED) is 0.900. The fraction of sp³-hybridized carbons (Fsp3) is 0.571. The molecule has 19 heavy (non-hydrogen) atoms. The van der Waals surface area contributed by atoms with E-state index in [0.717, 1.165) is 5.56 Å². The summed E-state index contributed by atoms with van der Waals surface area (Å²) in [7, 11) is 0. The van der Waals surface area contributed by atoms with Gasteiger partial charge in [0.1, 0.15) is 0 Å². The van der Waals surface area contributed by atoms with Crippen molar-refractivity contribution in [3.63, 3.8) is 0 Å². The third-order valence-corrected chi connectivity index (χ3v) is 3.78. The lowest BCUT2D eigenvalue weighted by Gasteiger charge is -2.16. The van der Waals surface area contributed by atoms with Gasteiger partial charge in [-0.1, -0.05) is 20.8 Å². The van der Waals surface area contributed by atoms with Crippen molar-refractivity contribution in [3.8, 4) is 0 Å². The maximum Gasteiger partial charge on any atom is 0.289 e. The van der Waals surface area contributed by atoms with E-state index in [1.54, 1.807) is 4.90 Å². The zero-order chi connectivity index (χ0) is 14.2. The van der Waals surface area contributed by atoms with E-state index in [4.69, 9.17) is 10.2 Å². The summed E-state index contributed by atoms with van der Waals surface area (Å²) in [5.74, 6) is -0.0482. The number of carbonyl (C=O) groups is 2. The standard InChI is InChI=1S/C14H20N2O3/c1-8(2)10-4-5-19-12(10)14(18)16-6-9(3)11(7-16)13(15)17/h4-5,8-9,11H,6-7H2,1-3H3,(H2,15,17)/t9-,11-/m1/s1. The van der Waals surface area contributed by atoms with Crippen LogP contribution >= 0.6 is 0 Å². The second kappa shape index (κ2) is 5.07. The van der Waals surface area contributed by atoms with Crippen LogP contribution in [0.1, 0.15) is 42.8 Å². The van der Waals surface area contributed by atoms with Gasteiger partial charge >= 0.3 is 0 Å². The Hall–Kier alpha value is -1.78. The van der Waals surface area contributed by atoms with Crippen molar-refractivity contribution in [2.45, 2.75) is 26.7 Å². The van der Waals surface area contributed by atoms with E-state index in [9.17, 15) is 9.59 Å². The summed E-state index contributed by atoms with van der Waals surface area (Å²) < 4.78 is 5.32. The molecule has 5 heteroatoms. The number of likely N-dealkylation sites (tertiary alicyclic amines) is 1. The largest absolute Gasteiger partial charge is 0.459 e. The third-order valence-electron chi connectivity index (χ3n) is 3.78. The Morgan fingerprint density at radius 3 is 2.63 bits per heavy atom. The van der Waals surface area contributed by atoms with Crippen molar-refractivity contribution >= 4 is 11.8 Å². The van der Waals surface area contributed by atoms with Crippen LogP contribution in [0.4, 0.5) is 0 Å². The molecule has 0 unspecified atom stereocenters. The molecule has 2 amide bonds. The molecule has 5 nitrogen and oxygen atoms in total. The number of rotatable bonds is 3. The van der Waals surface area contributed by atoms with Crippen LogP contribution in [0.15, 0.2) is 16.7 Å². The summed E-state index contributed by atoms with van der Waals surface area (Å²) in [5.41, 5.74) is 6.25. The summed E-state index contributed by atoms with van der Waals surface area (Å²) in [5, 5.41) is 0. The first kappa shape index (κ1) is 13.6. The highest BCUT2D eigenvalue weighted by Gasteiger charge is 2.37. The lowest BCUT2D eigenvalue weighted by molar-refractivity contribution is -0.122. The SMILES string of the molecule is CC(C)c1ccoc1C(=O)N1C[C@@H](C)[C@H](C(N)=O)C1. The van der Waals surface area contributed by atoms with Crippen LogP contribution < -0.4 is 5.73 Å². The van der Waals surface area contributed by atoms with Gasteiger partial charge in [-0.25, -0.2) is 0 Å². The zero-order valence-corrected chi connectivity index (χ0v) is 11.6. The molecular weight excluding hydrogens is 244 g/mol. The molecule has 1 aromatic rings. The second-order valence-corrected chi connectivity index (χ2v) is 5.56. The predicted molar refractivity (Wildman–Crippen MR) is 70.5 cm³/mol. The molecular formula is C14H20N2O3. The van der Waals surface area contributed by atoms with Gasteiger partial charge in [0.05, 0.1) is 12.2 Å². The molecule has 0 saturated carbocycles. The Balaban J connectivity index is 2.17. The number of furan rings is 1. The van der Waals surface area contributed by atoms with Crippen molar-refractivity contribution in [1.29, 1.82) is 0 Å². The van der Waals surface area contributed by atoms with E-state index in [2.05, 4.69) is 0 Å². The first-order chi connectivity index (χ1) is 8.91. The summed E-state index contributed by atoms with van der Waals surface area (Å²) >= 11 is 0. The molecule has 0 bridgehead atoms. The van der Waals surface area contributed by atoms with E-state index in [1.165, 1.54) is 6.26 Å². The lowest BCUT2D eigenvalue weighted by atomic mass is 9.98. The van der Waals surface area contributed by atoms with E-state index in [-0.39, 0.29) is 29.6 Å². The molecule has 0 aromatic carbocycles. The van der Waals surface area contributed by atoms with Gasteiger partial charge in [0, 0.05) is 18.7 Å². The fourth-order valence-corrected chi connectivity index (χ4v) is 2.59. The van der Waals surface area contributed by atoms with E-state index >= 15 is 0 Å². The fourth-order valence-electron chi connectivity index (χ4n) is 2.59. The molecule has 2 rings (SSSR count). The van der Waals surface area contributed by atoms with Gasteiger partial charge in [0.15, 0.2) is 5.76 Å². The molecule has 2 heterocycles. The molecule has 1 aromatic heterocycles. The van der Waals surface area contributed by atoms with Crippen molar-refractivity contribution in [3.05, 3.63) is 23.7 Å². The number of carbonyl (C=O) groups excluding carboxylic acids is 2. The maximum atomic E-state index is 12.4. The van der Waals surface area contributed by atoms with Crippen LogP contribution in [0.2, 0.25) is 0 Å². The Morgan fingerprint density at radius 1 is 1.42 bits per heavy atom. The third kappa shape index (κ3) is 2.50. The van der Waals surface area contributed by atoms with Gasteiger partial charge in [-0.3, -0.25) is 9.59 Å². The molecule has 1 saturated heterocycles. The molecule has 2 N–H and O–H groups in total. The Labute approximate surface area is 112 Å². The highest BCUT2D eigenvalue weighted by molar-refractivity contribution is 5.94. The van der Waals surface area contributed by atoms with Crippen LogP contribution in [0, 0.1) is 11.8 Å². The first-order valence-corrected chi connectivity index (χ1v) is 6.57. The molecule has 0 spiro atoms. The molecule has 0 radical (unpaired) electrons. The molecule has 1 aliphatic rings. The predicted octanol–water partition coefficient (Wildman–Crippen LogP) is 1.60. The van der Waals surface area contributed by atoms with Crippen molar-refractivity contribution in [2.75, 3.05) is 13.1 Å². The average Bonchev–Trinajstić information content (AvgIpc) is 2.93. The number of primary amides is 1. The van der Waals surface area contributed by atoms with E-state index in [1.807, 2.05) is 26.8 Å². The van der Waals surface area contributed by atoms with Gasteiger partial charge in [-0.05, 0) is 17.9 Å². The van der Waals surface area contributed by atoms with Crippen LogP contribution in [0.5, 0.6) is 0 Å². The Morgan fingerprint density at radius 2 is 2.11 bits per heavy atom. The second-order valence-electron chi connectivity index (χ2n) is 5.56. The van der Waals surface area contributed by atoms with Crippen molar-refractivity contribution in [1.82, 2.24) is 4.90 Å². The summed E-state index contributed by atoms with van der Waals surface area (Å²) in [6, 6.07) is 1.82. The monoisotopic (exact) mass is 264 g/mol. The minimum absolute atomic E-state index is 0.0962. The van der Waals surface area contributed by atoms with Gasteiger partial charge < -0.3 is 15.1 Å². The van der Waals surface area contributed by atoms with Crippen molar-refractivity contribution in [2.24, 2.45) is 17.6 Å². The molecule has 2 atom stereocenters. The number of nitrogens with two attached hydrogens (primary N) is 1. The minimum Gasteiger partial charge on any atom is -0.459 e. The first-order valence-electron chi connectivity index (χ1n) is 6.57. The molecule has 1 aliphatic heterocycles. The molecule has 0 aliphatic carbocycles. The smallest absolute Gasteiger partial charge is 0.289 e. The van der Waals surface area contributed by atoms with Gasteiger partial charge in [0.25, 0.3) is 5.91 Å². The number of amides is 2. The molecule has 1 fully saturated rings. The number of nitrogens with zero attached hydrogens (tertiary/aromatic N) is 1. The van der Waals surface area contributed by atoms with Gasteiger partial charge in [-0.2, -0.15) is 0 Å². The van der Waals surface area contributed by atoms with E-state index < -0.39 is 0 Å². The number of hydrogen-bond acceptors (Lipinski definition) is 3. The van der Waals surface area contributed by atoms with Gasteiger partial charge in [0.2, 0.25) is 5.91 Å². The van der Waals surface area contributed by atoms with Gasteiger partial charge in [-0.15, -0.1) is 0 Å². The maximum absolute atomic E-state index is 12.4. The number of hydrogen-bond donors (Lipinski definition) is 1. The van der Waals surface area contributed by atoms with E-state index in [0.29, 0.717) is 18.8 Å². The summed E-state index contributed by atoms with van der Waals surface area (Å²) in [6.07, 6.45) is 1.54. The lowest BCUT2D eigenvalue weighted by Crippen LogP contribution is -2.32. The zero-order valence-electron chi connectivity index (χ0n) is 11.6. The highest BCUT2D eigenvalue weighted by atomic mass is 16.3. The topological polar surface area (TPSA) is 76.5 Å². The normalized spacial score (nSPS) is 23.1. The van der Waals surface area contributed by atoms with Crippen molar-refractivity contribution < 1.29 is 14.0 Å².